The topological polar surface area (TPSA) is 38.7 Å². The molecule has 96 valence electrons. The lowest BCUT2D eigenvalue weighted by atomic mass is 10.2. The minimum atomic E-state index is 0.348. The van der Waals surface area contributed by atoms with Gasteiger partial charge in [0.15, 0.2) is 0 Å². The van der Waals surface area contributed by atoms with E-state index in [0.717, 1.165) is 16.9 Å². The molecule has 0 aromatic heterocycles. The Labute approximate surface area is 116 Å². The number of rotatable bonds is 5. The van der Waals surface area contributed by atoms with E-state index in [2.05, 4.69) is 4.99 Å². The van der Waals surface area contributed by atoms with Crippen LogP contribution in [0.1, 0.15) is 11.1 Å². The summed E-state index contributed by atoms with van der Waals surface area (Å²) in [5, 5.41) is 0.712. The molecule has 0 spiro atoms. The van der Waals surface area contributed by atoms with Crippen LogP contribution in [0.3, 0.4) is 0 Å². The van der Waals surface area contributed by atoms with Crippen molar-refractivity contribution in [3.63, 3.8) is 0 Å². The summed E-state index contributed by atoms with van der Waals surface area (Å²) >= 11 is 5.81. The maximum Gasteiger partial charge on any atom is 0.235 e. The second kappa shape index (κ2) is 6.74. The van der Waals surface area contributed by atoms with Crippen LogP contribution in [0.25, 0.3) is 0 Å². The summed E-state index contributed by atoms with van der Waals surface area (Å²) in [6.45, 7) is 0.837. The summed E-state index contributed by atoms with van der Waals surface area (Å²) in [4.78, 5) is 13.5. The summed E-state index contributed by atoms with van der Waals surface area (Å²) in [5.74, 6) is 0.772. The first-order chi connectivity index (χ1) is 9.28. The maximum absolute atomic E-state index is 10.0. The average molecular weight is 274 g/mol. The number of isocyanates is 1. The molecular formula is C15H12ClNO2. The Bertz CT molecular complexity index is 572. The highest BCUT2D eigenvalue weighted by atomic mass is 35.5. The molecule has 0 amide bonds. The Morgan fingerprint density at radius 2 is 1.63 bits per heavy atom. The van der Waals surface area contributed by atoms with Crippen LogP contribution in [0.5, 0.6) is 5.75 Å². The number of nitrogens with zero attached hydrogens (tertiary/aromatic N) is 1. The summed E-state index contributed by atoms with van der Waals surface area (Å²) in [6.07, 6.45) is 1.51. The van der Waals surface area contributed by atoms with Crippen LogP contribution in [0.2, 0.25) is 5.02 Å². The Kier molecular flexibility index (Phi) is 4.73. The first kappa shape index (κ1) is 13.3. The van der Waals surface area contributed by atoms with Crippen molar-refractivity contribution in [3.8, 4) is 5.75 Å². The van der Waals surface area contributed by atoms with Crippen LogP contribution in [-0.4, -0.2) is 6.08 Å². The van der Waals surface area contributed by atoms with E-state index in [1.807, 2.05) is 48.5 Å². The van der Waals surface area contributed by atoms with E-state index < -0.39 is 0 Å². The number of aliphatic imine (C=N–C) groups is 1. The van der Waals surface area contributed by atoms with Crippen LogP contribution in [-0.2, 0) is 17.9 Å². The molecule has 2 rings (SSSR count). The standard InChI is InChI=1S/C15H12ClNO2/c16-14-5-1-13(2-6-14)10-19-15-7-3-12(4-8-15)9-17-11-18/h1-8H,9-10H2. The molecule has 0 heterocycles. The number of hydrogen-bond acceptors (Lipinski definition) is 3. The summed E-state index contributed by atoms with van der Waals surface area (Å²) < 4.78 is 5.64. The highest BCUT2D eigenvalue weighted by Crippen LogP contribution is 2.16. The zero-order valence-corrected chi connectivity index (χ0v) is 10.9. The molecule has 0 bridgehead atoms. The molecule has 4 heteroatoms. The average Bonchev–Trinajstić information content (AvgIpc) is 2.46. The minimum absolute atomic E-state index is 0.348. The van der Waals surface area contributed by atoms with Crippen molar-refractivity contribution >= 4 is 17.7 Å². The second-order valence-corrected chi connectivity index (χ2v) is 4.40. The fourth-order valence-corrected chi connectivity index (χ4v) is 1.69. The molecule has 3 nitrogen and oxygen atoms in total. The Morgan fingerprint density at radius 1 is 1.00 bits per heavy atom. The highest BCUT2D eigenvalue weighted by Gasteiger charge is 1.97. The van der Waals surface area contributed by atoms with Gasteiger partial charge in [-0.05, 0) is 35.4 Å². The maximum atomic E-state index is 10.0. The SMILES string of the molecule is O=C=NCc1ccc(OCc2ccc(Cl)cc2)cc1. The van der Waals surface area contributed by atoms with Crippen LogP contribution in [0.4, 0.5) is 0 Å². The third-order valence-electron chi connectivity index (χ3n) is 2.57. The third-order valence-corrected chi connectivity index (χ3v) is 2.82. The smallest absolute Gasteiger partial charge is 0.235 e. The van der Waals surface area contributed by atoms with Crippen molar-refractivity contribution in [2.75, 3.05) is 0 Å². The van der Waals surface area contributed by atoms with Gasteiger partial charge in [0, 0.05) is 5.02 Å². The summed E-state index contributed by atoms with van der Waals surface area (Å²) in [6, 6.07) is 15.0. The van der Waals surface area contributed by atoms with Crippen LogP contribution in [0, 0.1) is 0 Å². The number of halogens is 1. The van der Waals surface area contributed by atoms with Gasteiger partial charge in [-0.3, -0.25) is 0 Å². The lowest BCUT2D eigenvalue weighted by molar-refractivity contribution is 0.306. The van der Waals surface area contributed by atoms with Crippen LogP contribution < -0.4 is 4.74 Å². The molecule has 0 aliphatic rings. The first-order valence-corrected chi connectivity index (χ1v) is 6.15. The quantitative estimate of drug-likeness (QED) is 0.615. The second-order valence-electron chi connectivity index (χ2n) is 3.97. The van der Waals surface area contributed by atoms with E-state index in [0.29, 0.717) is 18.2 Å². The Morgan fingerprint density at radius 3 is 2.26 bits per heavy atom. The van der Waals surface area contributed by atoms with Crippen molar-refractivity contribution in [1.29, 1.82) is 0 Å². The van der Waals surface area contributed by atoms with Crippen molar-refractivity contribution < 1.29 is 9.53 Å². The molecule has 0 aliphatic heterocycles. The largest absolute Gasteiger partial charge is 0.489 e. The molecule has 2 aromatic rings. The predicted molar refractivity (Wildman–Crippen MR) is 74.1 cm³/mol. The van der Waals surface area contributed by atoms with Gasteiger partial charge in [-0.15, -0.1) is 0 Å². The van der Waals surface area contributed by atoms with Gasteiger partial charge < -0.3 is 4.74 Å². The summed E-state index contributed by atoms with van der Waals surface area (Å²) in [7, 11) is 0. The lowest BCUT2D eigenvalue weighted by Gasteiger charge is -2.06. The van der Waals surface area contributed by atoms with Gasteiger partial charge in [0.1, 0.15) is 12.4 Å². The van der Waals surface area contributed by atoms with Crippen LogP contribution >= 0.6 is 11.6 Å². The van der Waals surface area contributed by atoms with E-state index in [1.54, 1.807) is 0 Å². The summed E-state index contributed by atoms with van der Waals surface area (Å²) in [5.41, 5.74) is 2.00. The normalized spacial score (nSPS) is 9.74. The predicted octanol–water partition coefficient (Wildman–Crippen LogP) is 3.75. The van der Waals surface area contributed by atoms with E-state index >= 15 is 0 Å². The molecule has 0 fully saturated rings. The molecule has 2 aromatic carbocycles. The van der Waals surface area contributed by atoms with Gasteiger partial charge in [0.25, 0.3) is 0 Å². The van der Waals surface area contributed by atoms with E-state index in [9.17, 15) is 4.79 Å². The van der Waals surface area contributed by atoms with Gasteiger partial charge in [-0.2, -0.15) is 0 Å². The van der Waals surface area contributed by atoms with Crippen molar-refractivity contribution in [2.24, 2.45) is 4.99 Å². The molecular weight excluding hydrogens is 262 g/mol. The van der Waals surface area contributed by atoms with Gasteiger partial charge >= 0.3 is 0 Å². The monoisotopic (exact) mass is 273 g/mol. The molecule has 0 atom stereocenters. The van der Waals surface area contributed by atoms with Gasteiger partial charge in [-0.25, -0.2) is 9.79 Å². The van der Waals surface area contributed by atoms with Crippen molar-refractivity contribution in [3.05, 3.63) is 64.7 Å². The fourth-order valence-electron chi connectivity index (χ4n) is 1.56. The van der Waals surface area contributed by atoms with E-state index in [4.69, 9.17) is 16.3 Å². The molecule has 0 saturated heterocycles. The lowest BCUT2D eigenvalue weighted by Crippen LogP contribution is -1.95. The molecule has 0 aliphatic carbocycles. The Hall–Kier alpha value is -2.09. The Balaban J connectivity index is 1.92. The van der Waals surface area contributed by atoms with E-state index in [1.165, 1.54) is 6.08 Å². The molecule has 0 saturated carbocycles. The third kappa shape index (κ3) is 4.25. The number of benzene rings is 2. The number of ether oxygens (including phenoxy) is 1. The molecule has 0 radical (unpaired) electrons. The zero-order valence-electron chi connectivity index (χ0n) is 10.2. The van der Waals surface area contributed by atoms with Crippen LogP contribution in [0.15, 0.2) is 53.5 Å². The first-order valence-electron chi connectivity index (χ1n) is 5.78. The van der Waals surface area contributed by atoms with Gasteiger partial charge in [0.05, 0.1) is 6.54 Å². The molecule has 0 unspecified atom stereocenters. The van der Waals surface area contributed by atoms with Crippen molar-refractivity contribution in [1.82, 2.24) is 0 Å². The highest BCUT2D eigenvalue weighted by molar-refractivity contribution is 6.30. The van der Waals surface area contributed by atoms with E-state index in [-0.39, 0.29) is 0 Å². The van der Waals surface area contributed by atoms with Gasteiger partial charge in [0.2, 0.25) is 6.08 Å². The fraction of sp³-hybridized carbons (Fsp3) is 0.133. The zero-order chi connectivity index (χ0) is 13.5. The van der Waals surface area contributed by atoms with Gasteiger partial charge in [-0.1, -0.05) is 35.9 Å². The molecule has 0 N–H and O–H groups in total. The molecule has 19 heavy (non-hydrogen) atoms. The number of carbonyl (C=O) groups excluding carboxylic acids is 1. The van der Waals surface area contributed by atoms with Crippen molar-refractivity contribution in [2.45, 2.75) is 13.2 Å². The minimum Gasteiger partial charge on any atom is -0.489 e. The number of hydrogen-bond donors (Lipinski definition) is 0.